The van der Waals surface area contributed by atoms with Gasteiger partial charge in [0.1, 0.15) is 12.1 Å². The van der Waals surface area contributed by atoms with E-state index in [2.05, 4.69) is 22.4 Å². The number of carbonyl (C=O) groups excluding carboxylic acids is 1. The van der Waals surface area contributed by atoms with Crippen molar-refractivity contribution in [2.24, 2.45) is 5.41 Å². The first-order chi connectivity index (χ1) is 26.0. The summed E-state index contributed by atoms with van der Waals surface area (Å²) in [6.07, 6.45) is 3.40. The fraction of sp³-hybridized carbons (Fsp3) is 0.357. The lowest BCUT2D eigenvalue weighted by Gasteiger charge is -2.34. The van der Waals surface area contributed by atoms with E-state index in [9.17, 15) is 13.2 Å². The van der Waals surface area contributed by atoms with Crippen LogP contribution < -0.4 is 0 Å². The lowest BCUT2D eigenvalue weighted by Crippen LogP contribution is -2.36. The summed E-state index contributed by atoms with van der Waals surface area (Å²) in [7, 11) is -2.74. The Bertz CT molecular complexity index is 2200. The minimum Gasteiger partial charge on any atom is -0.469 e. The lowest BCUT2D eigenvalue weighted by molar-refractivity contribution is -0.151. The van der Waals surface area contributed by atoms with Gasteiger partial charge in [0.2, 0.25) is 0 Å². The maximum atomic E-state index is 13.4. The van der Waals surface area contributed by atoms with Crippen molar-refractivity contribution in [3.63, 3.8) is 0 Å². The summed E-state index contributed by atoms with van der Waals surface area (Å²) in [5.74, 6) is -0.865. The maximum absolute atomic E-state index is 13.4. The predicted octanol–water partition coefficient (Wildman–Crippen LogP) is 7.51. The van der Waals surface area contributed by atoms with E-state index in [4.69, 9.17) is 18.4 Å². The summed E-state index contributed by atoms with van der Waals surface area (Å²) in [5.41, 5.74) is 7.08. The van der Waals surface area contributed by atoms with Crippen LogP contribution in [0.25, 0.3) is 11.0 Å². The van der Waals surface area contributed by atoms with Gasteiger partial charge in [-0.05, 0) is 85.5 Å². The van der Waals surface area contributed by atoms with Gasteiger partial charge in [0, 0.05) is 38.2 Å². The molecule has 12 heteroatoms. The number of hydrogen-bond donors (Lipinski definition) is 0. The number of rotatable bonds is 16. The van der Waals surface area contributed by atoms with Crippen LogP contribution in [0.4, 0.5) is 0 Å². The zero-order chi connectivity index (χ0) is 38.3. The van der Waals surface area contributed by atoms with Gasteiger partial charge in [-0.15, -0.1) is 5.10 Å². The molecule has 11 nitrogen and oxygen atoms in total. The Balaban J connectivity index is 1.21. The molecule has 4 aromatic carbocycles. The third-order valence-electron chi connectivity index (χ3n) is 9.99. The van der Waals surface area contributed by atoms with Crippen molar-refractivity contribution in [1.29, 1.82) is 0 Å². The third kappa shape index (κ3) is 8.83. The highest BCUT2D eigenvalue weighted by molar-refractivity contribution is 7.84. The van der Waals surface area contributed by atoms with Gasteiger partial charge in [-0.3, -0.25) is 4.79 Å². The number of unbranched alkanes of at least 4 members (excludes halogenated alkanes) is 1. The predicted molar refractivity (Wildman–Crippen MR) is 206 cm³/mol. The van der Waals surface area contributed by atoms with Gasteiger partial charge in [0.05, 0.1) is 24.6 Å². The molecule has 0 radical (unpaired) electrons. The number of hydrogen-bond acceptors (Lipinski definition) is 9. The second-order valence-electron chi connectivity index (χ2n) is 14.2. The Kier molecular flexibility index (Phi) is 12.2. The molecule has 1 unspecified atom stereocenters. The van der Waals surface area contributed by atoms with Crippen molar-refractivity contribution in [3.05, 3.63) is 142 Å². The van der Waals surface area contributed by atoms with Gasteiger partial charge in [-0.1, -0.05) is 90.1 Å². The SMILES string of the molecule is COC(=O)C(C)(C)C(c1ccc(C)c(CN2CC=C(OCc3ccccc3)OS2(=O)=O)c1)c1ccc2c(nnn2CCCCOCc2ccccc2)c1C. The molecule has 0 N–H and O–H groups in total. The molecule has 1 aliphatic heterocycles. The van der Waals surface area contributed by atoms with Crippen molar-refractivity contribution >= 4 is 27.3 Å². The van der Waals surface area contributed by atoms with Crippen LogP contribution in [-0.4, -0.2) is 53.9 Å². The van der Waals surface area contributed by atoms with Crippen molar-refractivity contribution < 1.29 is 31.6 Å². The van der Waals surface area contributed by atoms with E-state index in [1.807, 2.05) is 111 Å². The number of fused-ring (bicyclic) bond motifs is 1. The number of ether oxygens (including phenoxy) is 3. The lowest BCUT2D eigenvalue weighted by atomic mass is 9.69. The first-order valence-corrected chi connectivity index (χ1v) is 19.5. The fourth-order valence-corrected chi connectivity index (χ4v) is 7.88. The molecule has 0 spiro atoms. The highest BCUT2D eigenvalue weighted by atomic mass is 32.2. The second-order valence-corrected chi connectivity index (χ2v) is 15.7. The number of carbonyl (C=O) groups is 1. The molecule has 1 aromatic heterocycles. The van der Waals surface area contributed by atoms with Crippen molar-refractivity contribution in [2.45, 2.75) is 72.8 Å². The quantitative estimate of drug-likeness (QED) is 0.0745. The minimum absolute atomic E-state index is 0.0453. The molecule has 0 aliphatic carbocycles. The topological polar surface area (TPSA) is 122 Å². The molecule has 6 rings (SSSR count). The average Bonchev–Trinajstić information content (AvgIpc) is 3.59. The van der Waals surface area contributed by atoms with Crippen LogP contribution in [0, 0.1) is 19.3 Å². The van der Waals surface area contributed by atoms with E-state index >= 15 is 0 Å². The molecule has 0 saturated carbocycles. The van der Waals surface area contributed by atoms with Crippen molar-refractivity contribution in [2.75, 3.05) is 20.3 Å². The molecule has 54 heavy (non-hydrogen) atoms. The number of benzene rings is 4. The monoisotopic (exact) mass is 752 g/mol. The van der Waals surface area contributed by atoms with Crippen molar-refractivity contribution in [1.82, 2.24) is 19.3 Å². The van der Waals surface area contributed by atoms with E-state index in [1.165, 1.54) is 11.4 Å². The smallest absolute Gasteiger partial charge is 0.388 e. The summed E-state index contributed by atoms with van der Waals surface area (Å²) in [6, 6.07) is 29.6. The van der Waals surface area contributed by atoms with Gasteiger partial charge in [-0.25, -0.2) is 4.68 Å². The van der Waals surface area contributed by atoms with Crippen LogP contribution in [0.3, 0.4) is 0 Å². The van der Waals surface area contributed by atoms with Gasteiger partial charge in [0.15, 0.2) is 0 Å². The Morgan fingerprint density at radius 3 is 2.31 bits per heavy atom. The fourth-order valence-electron chi connectivity index (χ4n) is 6.90. The largest absolute Gasteiger partial charge is 0.469 e. The van der Waals surface area contributed by atoms with Crippen LogP contribution in [0.1, 0.15) is 71.6 Å². The Labute approximate surface area is 317 Å². The first kappa shape index (κ1) is 38.7. The molecule has 0 fully saturated rings. The summed E-state index contributed by atoms with van der Waals surface area (Å²) in [5, 5.41) is 9.07. The van der Waals surface area contributed by atoms with E-state index in [1.54, 1.807) is 6.08 Å². The number of aromatic nitrogens is 3. The molecule has 1 aliphatic rings. The summed E-state index contributed by atoms with van der Waals surface area (Å²) in [4.78, 5) is 13.4. The second kappa shape index (κ2) is 17.0. The van der Waals surface area contributed by atoms with E-state index in [0.717, 1.165) is 62.8 Å². The molecular formula is C42H48N4O7S. The minimum atomic E-state index is -4.13. The van der Waals surface area contributed by atoms with Gasteiger partial charge < -0.3 is 18.4 Å². The van der Waals surface area contributed by atoms with E-state index in [0.29, 0.717) is 19.8 Å². The number of aryl methyl sites for hydroxylation is 3. The number of methoxy groups -OCH3 is 1. The number of nitrogens with zero attached hydrogens (tertiary/aromatic N) is 4. The van der Waals surface area contributed by atoms with Gasteiger partial charge in [-0.2, -0.15) is 12.7 Å². The highest BCUT2D eigenvalue weighted by Gasteiger charge is 2.41. The summed E-state index contributed by atoms with van der Waals surface area (Å²) < 4.78 is 51.9. The van der Waals surface area contributed by atoms with E-state index in [-0.39, 0.29) is 31.6 Å². The Morgan fingerprint density at radius 1 is 0.926 bits per heavy atom. The summed E-state index contributed by atoms with van der Waals surface area (Å²) >= 11 is 0. The van der Waals surface area contributed by atoms with Crippen molar-refractivity contribution in [3.8, 4) is 0 Å². The Morgan fingerprint density at radius 2 is 1.63 bits per heavy atom. The van der Waals surface area contributed by atoms with Gasteiger partial charge in [0.25, 0.3) is 5.95 Å². The highest BCUT2D eigenvalue weighted by Crippen LogP contribution is 2.44. The molecule has 1 atom stereocenters. The van der Waals surface area contributed by atoms with Gasteiger partial charge >= 0.3 is 16.3 Å². The van der Waals surface area contributed by atoms with Crippen LogP contribution in [0.15, 0.2) is 103 Å². The molecule has 2 heterocycles. The average molecular weight is 753 g/mol. The van der Waals surface area contributed by atoms with Crippen LogP contribution in [0.2, 0.25) is 0 Å². The molecule has 284 valence electrons. The molecule has 0 amide bonds. The molecule has 0 saturated heterocycles. The third-order valence-corrected chi connectivity index (χ3v) is 11.3. The van der Waals surface area contributed by atoms with Crippen LogP contribution >= 0.6 is 0 Å². The first-order valence-electron chi connectivity index (χ1n) is 18.2. The normalized spacial score (nSPS) is 15.0. The zero-order valence-electron chi connectivity index (χ0n) is 31.5. The standard InChI is InChI=1S/C42H48N4O7S/c1-30-18-19-34(26-35(30)27-45-24-22-38(53-54(45,48)49)52-29-33-16-10-7-11-17-33)39(42(3,4)41(47)50-5)36-20-21-37-40(31(36)2)43-44-46(37)23-12-13-25-51-28-32-14-8-6-9-15-32/h6-11,14-22,26,39H,12-13,23-25,27-29H2,1-5H3. The number of esters is 1. The maximum Gasteiger partial charge on any atom is 0.388 e. The zero-order valence-corrected chi connectivity index (χ0v) is 32.3. The molecular weight excluding hydrogens is 705 g/mol. The van der Waals surface area contributed by atoms with Crippen LogP contribution in [0.5, 0.6) is 0 Å². The van der Waals surface area contributed by atoms with Crippen LogP contribution in [-0.2, 0) is 59.8 Å². The Hall–Kier alpha value is -5.04. The molecule has 0 bridgehead atoms. The molecule has 5 aromatic rings. The van der Waals surface area contributed by atoms with E-state index < -0.39 is 21.6 Å². The summed E-state index contributed by atoms with van der Waals surface area (Å²) in [6.45, 7) is 9.97.